The lowest BCUT2D eigenvalue weighted by Gasteiger charge is -2.28. The standard InChI is InChI=1S/C20H25N5O10/c1-7(13(28)9-3-2-8(26)6-22-9)11(21)17(31)24-12(19(32)33)16-14(29)15(30)18(35-16)25-5-4-10(27)23-20(25)34/h2-7,11-16,18,26,28-30H,21H2,1H3,(H,24,31)(H,32,33)(H,23,27,34)/t7-,11-,12?,13?,14-,15+,16?,18?/m0/s1. The summed E-state index contributed by atoms with van der Waals surface area (Å²) in [5, 5.41) is 52.3. The highest BCUT2D eigenvalue weighted by Crippen LogP contribution is 2.30. The number of pyridine rings is 1. The van der Waals surface area contributed by atoms with Crippen LogP contribution in [0.2, 0.25) is 0 Å². The Morgan fingerprint density at radius 2 is 1.91 bits per heavy atom. The van der Waals surface area contributed by atoms with Gasteiger partial charge in [-0.3, -0.25) is 24.1 Å². The van der Waals surface area contributed by atoms with Crippen LogP contribution in [0.25, 0.3) is 0 Å². The molecule has 1 fully saturated rings. The molecule has 2 aromatic rings. The number of aromatic amines is 1. The summed E-state index contributed by atoms with van der Waals surface area (Å²) in [7, 11) is 0. The molecule has 8 atom stereocenters. The summed E-state index contributed by atoms with van der Waals surface area (Å²) >= 11 is 0. The summed E-state index contributed by atoms with van der Waals surface area (Å²) < 4.78 is 6.16. The minimum absolute atomic E-state index is 0.111. The maximum Gasteiger partial charge on any atom is 0.330 e. The van der Waals surface area contributed by atoms with Gasteiger partial charge in [-0.25, -0.2) is 9.59 Å². The van der Waals surface area contributed by atoms with E-state index < -0.39 is 71.8 Å². The number of carbonyl (C=O) groups is 2. The fourth-order valence-electron chi connectivity index (χ4n) is 3.63. The molecule has 1 amide bonds. The number of carbonyl (C=O) groups excluding carboxylic acids is 1. The molecule has 4 unspecified atom stereocenters. The first-order chi connectivity index (χ1) is 16.4. The Morgan fingerprint density at radius 3 is 2.49 bits per heavy atom. The van der Waals surface area contributed by atoms with Crippen molar-refractivity contribution in [1.82, 2.24) is 19.9 Å². The van der Waals surface area contributed by atoms with Crippen LogP contribution in [0.4, 0.5) is 0 Å². The highest BCUT2D eigenvalue weighted by atomic mass is 16.6. The lowest BCUT2D eigenvalue weighted by molar-refractivity contribution is -0.149. The zero-order valence-corrected chi connectivity index (χ0v) is 18.3. The van der Waals surface area contributed by atoms with Crippen molar-refractivity contribution in [3.05, 3.63) is 57.1 Å². The number of ether oxygens (including phenoxy) is 1. The number of carboxylic acids is 1. The topological polar surface area (TPSA) is 250 Å². The molecule has 1 saturated heterocycles. The number of aromatic hydroxyl groups is 1. The van der Waals surface area contributed by atoms with Crippen molar-refractivity contribution in [3.8, 4) is 5.75 Å². The molecule has 0 aliphatic carbocycles. The minimum atomic E-state index is -1.90. The van der Waals surface area contributed by atoms with Gasteiger partial charge in [0.2, 0.25) is 5.91 Å². The third kappa shape index (κ3) is 5.39. The van der Waals surface area contributed by atoms with Crippen LogP contribution in [-0.2, 0) is 14.3 Å². The normalized spacial score (nSPS) is 25.4. The van der Waals surface area contributed by atoms with Crippen molar-refractivity contribution in [2.24, 2.45) is 11.7 Å². The first kappa shape index (κ1) is 26.0. The van der Waals surface area contributed by atoms with Gasteiger partial charge in [0.25, 0.3) is 5.56 Å². The van der Waals surface area contributed by atoms with Crippen LogP contribution >= 0.6 is 0 Å². The smallest absolute Gasteiger partial charge is 0.330 e. The lowest BCUT2D eigenvalue weighted by Crippen LogP contribution is -2.57. The Bertz CT molecular complexity index is 1180. The van der Waals surface area contributed by atoms with Crippen LogP contribution in [0.3, 0.4) is 0 Å². The molecule has 35 heavy (non-hydrogen) atoms. The lowest BCUT2D eigenvalue weighted by atomic mass is 9.92. The van der Waals surface area contributed by atoms with Crippen LogP contribution in [0, 0.1) is 5.92 Å². The number of aromatic nitrogens is 3. The summed E-state index contributed by atoms with van der Waals surface area (Å²) in [4.78, 5) is 53.7. The van der Waals surface area contributed by atoms with Crippen molar-refractivity contribution in [3.63, 3.8) is 0 Å². The van der Waals surface area contributed by atoms with Crippen molar-refractivity contribution in [2.75, 3.05) is 0 Å². The molecule has 15 nitrogen and oxygen atoms in total. The van der Waals surface area contributed by atoms with Crippen LogP contribution in [0.15, 0.2) is 40.2 Å². The van der Waals surface area contributed by atoms with E-state index in [9.17, 15) is 44.7 Å². The maximum absolute atomic E-state index is 12.7. The number of nitrogens with zero attached hydrogens (tertiary/aromatic N) is 2. The van der Waals surface area contributed by atoms with E-state index in [-0.39, 0.29) is 11.4 Å². The van der Waals surface area contributed by atoms with E-state index in [1.807, 2.05) is 4.98 Å². The van der Waals surface area contributed by atoms with Gasteiger partial charge >= 0.3 is 11.7 Å². The predicted molar refractivity (Wildman–Crippen MR) is 115 cm³/mol. The molecule has 9 N–H and O–H groups in total. The molecule has 15 heteroatoms. The number of carboxylic acid groups (broad SMARTS) is 1. The monoisotopic (exact) mass is 495 g/mol. The number of nitrogens with one attached hydrogen (secondary N) is 2. The van der Waals surface area contributed by atoms with Crippen molar-refractivity contribution in [1.29, 1.82) is 0 Å². The van der Waals surface area contributed by atoms with E-state index in [1.54, 1.807) is 0 Å². The highest BCUT2D eigenvalue weighted by Gasteiger charge is 2.50. The van der Waals surface area contributed by atoms with Gasteiger partial charge in [-0.05, 0) is 12.1 Å². The number of hydrogen-bond donors (Lipinski definition) is 8. The second kappa shape index (κ2) is 10.3. The summed E-state index contributed by atoms with van der Waals surface area (Å²) in [6.45, 7) is 1.42. The molecular formula is C20H25N5O10. The van der Waals surface area contributed by atoms with E-state index in [4.69, 9.17) is 10.5 Å². The van der Waals surface area contributed by atoms with Gasteiger partial charge in [0, 0.05) is 18.2 Å². The van der Waals surface area contributed by atoms with Gasteiger partial charge in [-0.15, -0.1) is 0 Å². The zero-order valence-electron chi connectivity index (χ0n) is 18.3. The van der Waals surface area contributed by atoms with Crippen molar-refractivity contribution in [2.45, 2.75) is 49.7 Å². The van der Waals surface area contributed by atoms with Gasteiger partial charge in [0.1, 0.15) is 30.2 Å². The van der Waals surface area contributed by atoms with Crippen molar-refractivity contribution >= 4 is 11.9 Å². The Labute approximate surface area is 196 Å². The van der Waals surface area contributed by atoms with Gasteiger partial charge in [-0.2, -0.15) is 0 Å². The fraction of sp³-hybridized carbons (Fsp3) is 0.450. The predicted octanol–water partition coefficient (Wildman–Crippen LogP) is -3.48. The molecule has 3 rings (SSSR count). The molecular weight excluding hydrogens is 470 g/mol. The van der Waals surface area contributed by atoms with Crippen LogP contribution in [0.1, 0.15) is 24.9 Å². The summed E-state index contributed by atoms with van der Waals surface area (Å²) in [5.41, 5.74) is 4.33. The maximum atomic E-state index is 12.7. The summed E-state index contributed by atoms with van der Waals surface area (Å²) in [6, 6.07) is 0.215. The second-order valence-corrected chi connectivity index (χ2v) is 8.09. The number of aliphatic carboxylic acids is 1. The van der Waals surface area contributed by atoms with Gasteiger partial charge < -0.3 is 41.3 Å². The van der Waals surface area contributed by atoms with Crippen molar-refractivity contribution < 1.29 is 39.9 Å². The third-order valence-corrected chi connectivity index (χ3v) is 5.73. The summed E-state index contributed by atoms with van der Waals surface area (Å²) in [5.74, 6) is -3.75. The average molecular weight is 495 g/mol. The number of rotatable bonds is 8. The highest BCUT2D eigenvalue weighted by molar-refractivity contribution is 5.87. The summed E-state index contributed by atoms with van der Waals surface area (Å²) in [6.07, 6.45) is -6.15. The largest absolute Gasteiger partial charge is 0.506 e. The molecule has 0 radical (unpaired) electrons. The van der Waals surface area contributed by atoms with Crippen LogP contribution in [-0.4, -0.2) is 82.3 Å². The SMILES string of the molecule is C[C@H](C(O)c1ccc(O)cn1)[C@H](N)C(=O)NC(C(=O)O)C1OC(n2ccc(=O)[nH]c2=O)[C@H](O)[C@@H]1O. The quantitative estimate of drug-likeness (QED) is 0.178. The van der Waals surface area contributed by atoms with E-state index >= 15 is 0 Å². The minimum Gasteiger partial charge on any atom is -0.506 e. The van der Waals surface area contributed by atoms with Crippen LogP contribution in [0.5, 0.6) is 5.75 Å². The number of H-pyrrole nitrogens is 1. The average Bonchev–Trinajstić information content (AvgIpc) is 3.10. The number of aliphatic hydroxyl groups is 3. The molecule has 0 saturated carbocycles. The van der Waals surface area contributed by atoms with Crippen LogP contribution < -0.4 is 22.3 Å². The van der Waals surface area contributed by atoms with E-state index in [1.165, 1.54) is 19.1 Å². The zero-order chi connectivity index (χ0) is 26.0. The molecule has 2 aromatic heterocycles. The fourth-order valence-corrected chi connectivity index (χ4v) is 3.63. The number of nitrogens with two attached hydrogens (primary N) is 1. The molecule has 0 aromatic carbocycles. The first-order valence-electron chi connectivity index (χ1n) is 10.4. The molecule has 190 valence electrons. The van der Waals surface area contributed by atoms with Gasteiger partial charge in [-0.1, -0.05) is 6.92 Å². The molecule has 1 aliphatic heterocycles. The third-order valence-electron chi connectivity index (χ3n) is 5.73. The van der Waals surface area contributed by atoms with Gasteiger partial charge in [0.15, 0.2) is 12.3 Å². The van der Waals surface area contributed by atoms with Gasteiger partial charge in [0.05, 0.1) is 17.9 Å². The Morgan fingerprint density at radius 1 is 1.23 bits per heavy atom. The molecule has 1 aliphatic rings. The number of amides is 1. The Hall–Kier alpha value is -3.63. The van der Waals surface area contributed by atoms with E-state index in [2.05, 4.69) is 10.3 Å². The first-order valence-corrected chi connectivity index (χ1v) is 10.4. The number of aliphatic hydroxyl groups excluding tert-OH is 3. The number of hydrogen-bond acceptors (Lipinski definition) is 11. The Balaban J connectivity index is 1.76. The molecule has 0 spiro atoms. The molecule has 0 bridgehead atoms. The Kier molecular flexibility index (Phi) is 7.67. The van der Waals surface area contributed by atoms with E-state index in [0.29, 0.717) is 0 Å². The van der Waals surface area contributed by atoms with E-state index in [0.717, 1.165) is 23.0 Å². The molecule has 3 heterocycles. The second-order valence-electron chi connectivity index (χ2n) is 8.09.